The summed E-state index contributed by atoms with van der Waals surface area (Å²) in [4.78, 5) is 4.84. The summed E-state index contributed by atoms with van der Waals surface area (Å²) >= 11 is 0. The number of fused-ring (bicyclic) bond motifs is 1. The average Bonchev–Trinajstić information content (AvgIpc) is 2.69. The predicted octanol–water partition coefficient (Wildman–Crippen LogP) is 6.03. The van der Waals surface area contributed by atoms with Crippen LogP contribution in [0.1, 0.15) is 5.56 Å². The molecule has 0 aliphatic rings. The Morgan fingerprint density at radius 3 is 2.00 bits per heavy atom. The van der Waals surface area contributed by atoms with Gasteiger partial charge < -0.3 is 5.32 Å². The summed E-state index contributed by atoms with van der Waals surface area (Å²) in [6, 6.07) is 34.9. The van der Waals surface area contributed by atoms with Gasteiger partial charge in [0.05, 0.1) is 5.69 Å². The second kappa shape index (κ2) is 7.02. The maximum atomic E-state index is 4.84. The van der Waals surface area contributed by atoms with E-state index in [1.807, 2.05) is 60.7 Å². The summed E-state index contributed by atoms with van der Waals surface area (Å²) in [5.74, 6) is 0.836. The van der Waals surface area contributed by atoms with Crippen LogP contribution in [0.25, 0.3) is 10.8 Å². The van der Waals surface area contributed by atoms with E-state index >= 15 is 0 Å². The molecule has 25 heavy (non-hydrogen) atoms. The van der Waals surface area contributed by atoms with E-state index in [9.17, 15) is 0 Å². The number of rotatable bonds is 3. The molecule has 0 amide bonds. The van der Waals surface area contributed by atoms with Crippen LogP contribution < -0.4 is 5.32 Å². The summed E-state index contributed by atoms with van der Waals surface area (Å²) < 4.78 is 0. The molecular formula is C23H18N2. The van der Waals surface area contributed by atoms with Crippen molar-refractivity contribution < 1.29 is 0 Å². The van der Waals surface area contributed by atoms with E-state index in [0.29, 0.717) is 0 Å². The van der Waals surface area contributed by atoms with E-state index in [0.717, 1.165) is 22.8 Å². The zero-order chi connectivity index (χ0) is 16.9. The van der Waals surface area contributed by atoms with Crippen LogP contribution >= 0.6 is 0 Å². The summed E-state index contributed by atoms with van der Waals surface area (Å²) in [5.41, 5.74) is 3.01. The normalized spacial score (nSPS) is 11.4. The van der Waals surface area contributed by atoms with Gasteiger partial charge in [0, 0.05) is 11.3 Å². The van der Waals surface area contributed by atoms with E-state index < -0.39 is 0 Å². The molecule has 0 atom stereocenters. The van der Waals surface area contributed by atoms with Gasteiger partial charge >= 0.3 is 0 Å². The molecule has 0 radical (unpaired) electrons. The number of aliphatic imine (C=N–C) groups is 1. The molecule has 2 nitrogen and oxygen atoms in total. The van der Waals surface area contributed by atoms with Crippen LogP contribution in [0, 0.1) is 0 Å². The standard InChI is InChI=1S/C23H18N2/c1-3-11-21(12-4-1)24-23(25-22-13-5-2-6-14-22)20-16-15-18-9-7-8-10-19(18)17-20/h1-17H,(H,24,25). The van der Waals surface area contributed by atoms with E-state index in [4.69, 9.17) is 4.99 Å². The SMILES string of the molecule is c1ccc(N=C(Nc2ccccc2)c2ccc3ccccc3c2)cc1. The molecule has 0 aliphatic heterocycles. The van der Waals surface area contributed by atoms with Crippen molar-refractivity contribution in [3.8, 4) is 0 Å². The van der Waals surface area contributed by atoms with Crippen LogP contribution in [0.4, 0.5) is 11.4 Å². The lowest BCUT2D eigenvalue weighted by Gasteiger charge is -2.11. The van der Waals surface area contributed by atoms with Gasteiger partial charge in [0.1, 0.15) is 5.84 Å². The molecule has 0 bridgehead atoms. The fourth-order valence-corrected chi connectivity index (χ4v) is 2.79. The Labute approximate surface area is 147 Å². The van der Waals surface area contributed by atoms with Gasteiger partial charge in [0.15, 0.2) is 0 Å². The van der Waals surface area contributed by atoms with Gasteiger partial charge in [0.25, 0.3) is 0 Å². The Hall–Kier alpha value is -3.39. The molecule has 0 spiro atoms. The molecule has 0 fully saturated rings. The molecule has 1 N–H and O–H groups in total. The third kappa shape index (κ3) is 3.59. The van der Waals surface area contributed by atoms with Gasteiger partial charge in [-0.15, -0.1) is 0 Å². The summed E-state index contributed by atoms with van der Waals surface area (Å²) in [6.07, 6.45) is 0. The molecule has 0 unspecified atom stereocenters. The van der Waals surface area contributed by atoms with Gasteiger partial charge in [-0.2, -0.15) is 0 Å². The highest BCUT2D eigenvalue weighted by atomic mass is 15.0. The number of nitrogens with zero attached hydrogens (tertiary/aromatic N) is 1. The lowest BCUT2D eigenvalue weighted by Crippen LogP contribution is -2.13. The fraction of sp³-hybridized carbons (Fsp3) is 0. The molecule has 0 saturated carbocycles. The quantitative estimate of drug-likeness (QED) is 0.361. The van der Waals surface area contributed by atoms with Gasteiger partial charge in [0.2, 0.25) is 0 Å². The zero-order valence-electron chi connectivity index (χ0n) is 13.8. The number of hydrogen-bond acceptors (Lipinski definition) is 1. The minimum Gasteiger partial charge on any atom is -0.340 e. The maximum absolute atomic E-state index is 4.84. The van der Waals surface area contributed by atoms with Crippen molar-refractivity contribution in [2.75, 3.05) is 5.32 Å². The van der Waals surface area contributed by atoms with Crippen LogP contribution in [0.15, 0.2) is 108 Å². The lowest BCUT2D eigenvalue weighted by atomic mass is 10.1. The second-order valence-corrected chi connectivity index (χ2v) is 5.85. The maximum Gasteiger partial charge on any atom is 0.138 e. The number of amidine groups is 1. The number of hydrogen-bond donors (Lipinski definition) is 1. The molecule has 120 valence electrons. The largest absolute Gasteiger partial charge is 0.340 e. The molecule has 4 rings (SSSR count). The van der Waals surface area contributed by atoms with Gasteiger partial charge in [-0.3, -0.25) is 0 Å². The fourth-order valence-electron chi connectivity index (χ4n) is 2.79. The minimum absolute atomic E-state index is 0.836. The van der Waals surface area contributed by atoms with Crippen molar-refractivity contribution in [1.82, 2.24) is 0 Å². The van der Waals surface area contributed by atoms with Crippen molar-refractivity contribution in [3.63, 3.8) is 0 Å². The van der Waals surface area contributed by atoms with E-state index in [1.165, 1.54) is 10.8 Å². The Bertz CT molecular complexity index is 1010. The van der Waals surface area contributed by atoms with E-state index in [2.05, 4.69) is 47.8 Å². The summed E-state index contributed by atoms with van der Waals surface area (Å²) in [5, 5.41) is 5.89. The Morgan fingerprint density at radius 1 is 0.600 bits per heavy atom. The highest BCUT2D eigenvalue weighted by Gasteiger charge is 2.06. The van der Waals surface area contributed by atoms with Gasteiger partial charge in [-0.25, -0.2) is 4.99 Å². The lowest BCUT2D eigenvalue weighted by molar-refractivity contribution is 1.47. The first-order valence-corrected chi connectivity index (χ1v) is 8.33. The first-order chi connectivity index (χ1) is 12.4. The van der Waals surface area contributed by atoms with Crippen molar-refractivity contribution in [3.05, 3.63) is 109 Å². The van der Waals surface area contributed by atoms with Gasteiger partial charge in [-0.05, 0) is 41.1 Å². The third-order valence-corrected chi connectivity index (χ3v) is 4.06. The van der Waals surface area contributed by atoms with Crippen molar-refractivity contribution in [2.45, 2.75) is 0 Å². The van der Waals surface area contributed by atoms with Crippen molar-refractivity contribution in [1.29, 1.82) is 0 Å². The number of anilines is 1. The van der Waals surface area contributed by atoms with Crippen molar-refractivity contribution in [2.24, 2.45) is 4.99 Å². The first kappa shape index (κ1) is 15.2. The van der Waals surface area contributed by atoms with E-state index in [-0.39, 0.29) is 0 Å². The molecule has 0 heterocycles. The molecule has 0 aromatic heterocycles. The molecule has 2 heteroatoms. The third-order valence-electron chi connectivity index (χ3n) is 4.06. The van der Waals surface area contributed by atoms with Crippen LogP contribution in [0.3, 0.4) is 0 Å². The second-order valence-electron chi connectivity index (χ2n) is 5.85. The summed E-state index contributed by atoms with van der Waals surface area (Å²) in [6.45, 7) is 0. The Balaban J connectivity index is 1.79. The molecule has 4 aromatic rings. The Morgan fingerprint density at radius 2 is 1.24 bits per heavy atom. The zero-order valence-corrected chi connectivity index (χ0v) is 13.8. The molecule has 0 saturated heterocycles. The number of nitrogens with one attached hydrogen (secondary N) is 1. The van der Waals surface area contributed by atoms with Crippen LogP contribution in [0.2, 0.25) is 0 Å². The first-order valence-electron chi connectivity index (χ1n) is 8.33. The number of para-hydroxylation sites is 2. The van der Waals surface area contributed by atoms with Crippen molar-refractivity contribution >= 4 is 28.0 Å². The molecular weight excluding hydrogens is 304 g/mol. The van der Waals surface area contributed by atoms with Crippen LogP contribution in [-0.4, -0.2) is 5.84 Å². The number of benzene rings is 4. The average molecular weight is 322 g/mol. The van der Waals surface area contributed by atoms with Gasteiger partial charge in [-0.1, -0.05) is 72.8 Å². The van der Waals surface area contributed by atoms with Crippen LogP contribution in [-0.2, 0) is 0 Å². The Kier molecular flexibility index (Phi) is 4.25. The molecule has 4 aromatic carbocycles. The highest BCUT2D eigenvalue weighted by molar-refractivity contribution is 6.11. The monoisotopic (exact) mass is 322 g/mol. The minimum atomic E-state index is 0.836. The molecule has 0 aliphatic carbocycles. The van der Waals surface area contributed by atoms with E-state index in [1.54, 1.807) is 0 Å². The topological polar surface area (TPSA) is 24.4 Å². The smallest absolute Gasteiger partial charge is 0.138 e. The predicted molar refractivity (Wildman–Crippen MR) is 107 cm³/mol. The summed E-state index contributed by atoms with van der Waals surface area (Å²) in [7, 11) is 0. The highest BCUT2D eigenvalue weighted by Crippen LogP contribution is 2.20. The van der Waals surface area contributed by atoms with Crippen LogP contribution in [0.5, 0.6) is 0 Å².